The van der Waals surface area contributed by atoms with Crippen LogP contribution in [0, 0.1) is 22.1 Å². The second kappa shape index (κ2) is 16.1. The zero-order valence-electron chi connectivity index (χ0n) is 23.0. The van der Waals surface area contributed by atoms with E-state index in [0.717, 1.165) is 39.3 Å². The standard InChI is InChI=1S/C31H38F2IN3O3/c1-3-7-37(8-9-38)20-24-10-21(2)11-25(12-24)31(40)36-29(16-23-13-26(32)17-27(33)14-23)30(39)19-35-18-22-5-4-6-28(34)15-22/h4-6,10-15,17,29-30,35,38-39H,3,7-9,16,18-20H2,1-2H3,(H,36,40)/t29-,30-/m0/s1. The van der Waals surface area contributed by atoms with Gasteiger partial charge in [-0.1, -0.05) is 30.7 Å². The lowest BCUT2D eigenvalue weighted by Crippen LogP contribution is -2.48. The molecule has 0 aliphatic heterocycles. The predicted molar refractivity (Wildman–Crippen MR) is 162 cm³/mol. The van der Waals surface area contributed by atoms with Crippen molar-refractivity contribution in [2.75, 3.05) is 26.2 Å². The molecule has 0 heterocycles. The predicted octanol–water partition coefficient (Wildman–Crippen LogP) is 4.57. The Morgan fingerprint density at radius 1 is 1.00 bits per heavy atom. The van der Waals surface area contributed by atoms with Crippen molar-refractivity contribution in [2.24, 2.45) is 0 Å². The van der Waals surface area contributed by atoms with Crippen LogP contribution in [0.2, 0.25) is 0 Å². The summed E-state index contributed by atoms with van der Waals surface area (Å²) in [6, 6.07) is 16.0. The number of halogens is 3. The van der Waals surface area contributed by atoms with Crippen LogP contribution in [0.25, 0.3) is 0 Å². The lowest BCUT2D eigenvalue weighted by atomic mass is 9.99. The van der Waals surface area contributed by atoms with Crippen LogP contribution in [0.5, 0.6) is 0 Å². The summed E-state index contributed by atoms with van der Waals surface area (Å²) in [5.74, 6) is -1.81. The topological polar surface area (TPSA) is 84.8 Å². The normalized spacial score (nSPS) is 12.9. The third kappa shape index (κ3) is 10.5. The molecule has 0 aliphatic carbocycles. The molecule has 3 aromatic rings. The van der Waals surface area contributed by atoms with Gasteiger partial charge in [0.25, 0.3) is 5.91 Å². The third-order valence-corrected chi connectivity index (χ3v) is 7.16. The minimum absolute atomic E-state index is 0.0476. The number of aryl methyl sites for hydroxylation is 1. The highest BCUT2D eigenvalue weighted by Gasteiger charge is 2.23. The Morgan fingerprint density at radius 2 is 1.75 bits per heavy atom. The number of nitrogens with one attached hydrogen (secondary N) is 2. The van der Waals surface area contributed by atoms with Crippen molar-refractivity contribution in [2.45, 2.75) is 51.9 Å². The lowest BCUT2D eigenvalue weighted by molar-refractivity contribution is 0.0829. The van der Waals surface area contributed by atoms with Gasteiger partial charge in [-0.05, 0) is 102 Å². The first-order chi connectivity index (χ1) is 19.2. The largest absolute Gasteiger partial charge is 0.395 e. The smallest absolute Gasteiger partial charge is 0.251 e. The fourth-order valence-corrected chi connectivity index (χ4v) is 5.35. The summed E-state index contributed by atoms with van der Waals surface area (Å²) in [4.78, 5) is 15.5. The first kappa shape index (κ1) is 32.1. The average Bonchev–Trinajstić information content (AvgIpc) is 2.87. The molecule has 0 saturated heterocycles. The maximum Gasteiger partial charge on any atom is 0.251 e. The molecule has 40 heavy (non-hydrogen) atoms. The van der Waals surface area contributed by atoms with E-state index in [9.17, 15) is 23.8 Å². The van der Waals surface area contributed by atoms with Gasteiger partial charge in [0, 0.05) is 41.4 Å². The van der Waals surface area contributed by atoms with Gasteiger partial charge in [-0.3, -0.25) is 9.69 Å². The van der Waals surface area contributed by atoms with E-state index in [1.54, 1.807) is 6.07 Å². The molecule has 1 amide bonds. The zero-order valence-corrected chi connectivity index (χ0v) is 25.1. The fourth-order valence-electron chi connectivity index (χ4n) is 4.74. The molecule has 0 radical (unpaired) electrons. The molecule has 216 valence electrons. The van der Waals surface area contributed by atoms with Crippen LogP contribution in [0.1, 0.15) is 46.0 Å². The number of rotatable bonds is 15. The molecule has 0 saturated carbocycles. The van der Waals surface area contributed by atoms with Gasteiger partial charge in [0.15, 0.2) is 0 Å². The maximum atomic E-state index is 13.9. The van der Waals surface area contributed by atoms with E-state index in [4.69, 9.17) is 0 Å². The van der Waals surface area contributed by atoms with Crippen molar-refractivity contribution in [3.05, 3.63) is 104 Å². The lowest BCUT2D eigenvalue weighted by Gasteiger charge is -2.25. The number of aliphatic hydroxyl groups is 2. The number of hydrogen-bond donors (Lipinski definition) is 4. The van der Waals surface area contributed by atoms with Crippen molar-refractivity contribution in [1.82, 2.24) is 15.5 Å². The molecule has 0 aromatic heterocycles. The molecule has 2 atom stereocenters. The van der Waals surface area contributed by atoms with Crippen molar-refractivity contribution in [1.29, 1.82) is 0 Å². The second-order valence-corrected chi connectivity index (χ2v) is 11.3. The average molecular weight is 666 g/mol. The van der Waals surface area contributed by atoms with Crippen molar-refractivity contribution in [3.8, 4) is 0 Å². The Hall–Kier alpha value is -2.44. The highest BCUT2D eigenvalue weighted by molar-refractivity contribution is 14.1. The molecule has 9 heteroatoms. The van der Waals surface area contributed by atoms with Crippen LogP contribution < -0.4 is 10.6 Å². The Kier molecular flexibility index (Phi) is 12.9. The molecule has 0 fully saturated rings. The van der Waals surface area contributed by atoms with E-state index in [1.165, 1.54) is 12.1 Å². The number of amides is 1. The number of carbonyl (C=O) groups excluding carboxylic acids is 1. The highest BCUT2D eigenvalue weighted by atomic mass is 127. The van der Waals surface area contributed by atoms with Crippen LogP contribution in [0.4, 0.5) is 8.78 Å². The number of aliphatic hydroxyl groups excluding tert-OH is 2. The molecule has 0 spiro atoms. The van der Waals surface area contributed by atoms with Crippen molar-refractivity contribution >= 4 is 28.5 Å². The van der Waals surface area contributed by atoms with Gasteiger partial charge < -0.3 is 20.8 Å². The number of hydrogen-bond acceptors (Lipinski definition) is 5. The van der Waals surface area contributed by atoms with E-state index in [1.807, 2.05) is 43.3 Å². The molecule has 6 nitrogen and oxygen atoms in total. The van der Waals surface area contributed by atoms with Crippen LogP contribution in [-0.4, -0.2) is 59.4 Å². The van der Waals surface area contributed by atoms with Gasteiger partial charge in [0.1, 0.15) is 11.6 Å². The molecule has 0 aliphatic rings. The Morgan fingerprint density at radius 3 is 2.42 bits per heavy atom. The molecular weight excluding hydrogens is 627 g/mol. The monoisotopic (exact) mass is 665 g/mol. The first-order valence-electron chi connectivity index (χ1n) is 13.5. The van der Waals surface area contributed by atoms with Gasteiger partial charge in [0.05, 0.1) is 18.8 Å². The summed E-state index contributed by atoms with van der Waals surface area (Å²) in [5, 5.41) is 26.6. The molecule has 4 N–H and O–H groups in total. The quantitative estimate of drug-likeness (QED) is 0.179. The first-order valence-corrected chi connectivity index (χ1v) is 14.6. The number of benzene rings is 3. The van der Waals surface area contributed by atoms with Gasteiger partial charge in [-0.2, -0.15) is 0 Å². The minimum Gasteiger partial charge on any atom is -0.395 e. The third-order valence-electron chi connectivity index (χ3n) is 6.49. The van der Waals surface area contributed by atoms with E-state index < -0.39 is 23.8 Å². The van der Waals surface area contributed by atoms with Crippen LogP contribution >= 0.6 is 22.6 Å². The molecule has 0 unspecified atom stereocenters. The van der Waals surface area contributed by atoms with E-state index in [2.05, 4.69) is 45.0 Å². The fraction of sp³-hybridized carbons (Fsp3) is 0.387. The van der Waals surface area contributed by atoms with E-state index >= 15 is 0 Å². The molecule has 3 rings (SSSR count). The minimum atomic E-state index is -1.02. The van der Waals surface area contributed by atoms with Crippen molar-refractivity contribution < 1.29 is 23.8 Å². The highest BCUT2D eigenvalue weighted by Crippen LogP contribution is 2.16. The van der Waals surface area contributed by atoms with Crippen LogP contribution in [0.3, 0.4) is 0 Å². The second-order valence-electron chi connectivity index (χ2n) is 10.1. The summed E-state index contributed by atoms with van der Waals surface area (Å²) in [5.41, 5.74) is 3.67. The molecule has 3 aromatic carbocycles. The Bertz CT molecular complexity index is 1230. The maximum absolute atomic E-state index is 13.9. The summed E-state index contributed by atoms with van der Waals surface area (Å²) >= 11 is 2.24. The van der Waals surface area contributed by atoms with E-state index in [0.29, 0.717) is 30.8 Å². The van der Waals surface area contributed by atoms with Gasteiger partial charge in [-0.25, -0.2) is 8.78 Å². The summed E-state index contributed by atoms with van der Waals surface area (Å²) < 4.78 is 28.9. The molecular formula is C31H38F2IN3O3. The van der Waals surface area contributed by atoms with Gasteiger partial charge >= 0.3 is 0 Å². The van der Waals surface area contributed by atoms with Crippen LogP contribution in [-0.2, 0) is 19.5 Å². The van der Waals surface area contributed by atoms with Gasteiger partial charge in [0.2, 0.25) is 0 Å². The summed E-state index contributed by atoms with van der Waals surface area (Å²) in [7, 11) is 0. The van der Waals surface area contributed by atoms with Gasteiger partial charge in [-0.15, -0.1) is 0 Å². The van der Waals surface area contributed by atoms with Crippen LogP contribution in [0.15, 0.2) is 60.7 Å². The Labute approximate surface area is 248 Å². The zero-order chi connectivity index (χ0) is 29.1. The number of carbonyl (C=O) groups is 1. The summed E-state index contributed by atoms with van der Waals surface area (Å²) in [6.07, 6.45) is -0.0324. The molecule has 0 bridgehead atoms. The van der Waals surface area contributed by atoms with E-state index in [-0.39, 0.29) is 25.5 Å². The van der Waals surface area contributed by atoms with Crippen molar-refractivity contribution in [3.63, 3.8) is 0 Å². The Balaban J connectivity index is 1.77. The SMILES string of the molecule is CCCN(CCO)Cc1cc(C)cc(C(=O)N[C@@H](Cc2cc(F)cc(F)c2)[C@@H](O)CNCc2cccc(I)c2)c1. The number of nitrogens with zero attached hydrogens (tertiary/aromatic N) is 1. The summed E-state index contributed by atoms with van der Waals surface area (Å²) in [6.45, 7) is 6.68.